The number of aryl methyl sites for hydroxylation is 1. The van der Waals surface area contributed by atoms with Gasteiger partial charge in [-0.25, -0.2) is 0 Å². The number of aromatic nitrogens is 1. The van der Waals surface area contributed by atoms with Gasteiger partial charge in [0.25, 0.3) is 0 Å². The minimum Gasteiger partial charge on any atom is -0.397 e. The molecule has 2 aromatic rings. The van der Waals surface area contributed by atoms with Gasteiger partial charge in [0.1, 0.15) is 0 Å². The van der Waals surface area contributed by atoms with Gasteiger partial charge in [0, 0.05) is 10.6 Å². The van der Waals surface area contributed by atoms with E-state index in [4.69, 9.17) is 17.3 Å². The van der Waals surface area contributed by atoms with E-state index in [0.717, 1.165) is 16.8 Å². The summed E-state index contributed by atoms with van der Waals surface area (Å²) in [5.74, 6) is 0. The summed E-state index contributed by atoms with van der Waals surface area (Å²) >= 11 is 6.08. The van der Waals surface area contributed by atoms with Gasteiger partial charge < -0.3 is 5.73 Å². The van der Waals surface area contributed by atoms with Crippen LogP contribution < -0.4 is 5.73 Å². The second-order valence-electron chi connectivity index (χ2n) is 3.41. The van der Waals surface area contributed by atoms with Crippen molar-refractivity contribution in [2.75, 3.05) is 5.73 Å². The first kappa shape index (κ1) is 9.99. The molecule has 0 atom stereocenters. The lowest BCUT2D eigenvalue weighted by Gasteiger charge is -2.05. The maximum atomic E-state index is 6.08. The molecule has 0 aliphatic rings. The number of rotatable bonds is 1. The molecule has 0 aliphatic carbocycles. The summed E-state index contributed by atoms with van der Waals surface area (Å²) in [4.78, 5) is 4.26. The number of anilines is 1. The van der Waals surface area contributed by atoms with Crippen molar-refractivity contribution in [3.05, 3.63) is 47.1 Å². The zero-order valence-electron chi connectivity index (χ0n) is 8.37. The number of hydrogen-bond donors (Lipinski definition) is 1. The molecule has 1 aromatic heterocycles. The number of halogens is 1. The number of pyridine rings is 1. The highest BCUT2D eigenvalue weighted by Crippen LogP contribution is 2.27. The summed E-state index contributed by atoms with van der Waals surface area (Å²) in [5.41, 5.74) is 9.21. The molecule has 0 saturated heterocycles. The van der Waals surface area contributed by atoms with E-state index in [0.29, 0.717) is 10.7 Å². The van der Waals surface area contributed by atoms with Crippen LogP contribution in [0.15, 0.2) is 36.5 Å². The van der Waals surface area contributed by atoms with Crippen molar-refractivity contribution in [1.29, 1.82) is 0 Å². The van der Waals surface area contributed by atoms with E-state index in [9.17, 15) is 0 Å². The number of nitrogens with zero attached hydrogens (tertiary/aromatic N) is 1. The quantitative estimate of drug-likeness (QED) is 0.798. The molecule has 0 fully saturated rings. The number of hydrogen-bond acceptors (Lipinski definition) is 2. The van der Waals surface area contributed by atoms with E-state index in [1.165, 1.54) is 0 Å². The second kappa shape index (κ2) is 3.91. The van der Waals surface area contributed by atoms with Gasteiger partial charge in [0.2, 0.25) is 0 Å². The number of nitrogen functional groups attached to an aromatic ring is 1. The number of nitrogens with two attached hydrogens (primary N) is 1. The van der Waals surface area contributed by atoms with E-state index >= 15 is 0 Å². The molecule has 15 heavy (non-hydrogen) atoms. The van der Waals surface area contributed by atoms with Crippen molar-refractivity contribution in [3.63, 3.8) is 0 Å². The topological polar surface area (TPSA) is 38.9 Å². The summed E-state index contributed by atoms with van der Waals surface area (Å²) in [6.45, 7) is 1.96. The normalized spacial score (nSPS) is 10.3. The predicted molar refractivity (Wildman–Crippen MR) is 63.8 cm³/mol. The van der Waals surface area contributed by atoms with Crippen molar-refractivity contribution in [2.24, 2.45) is 0 Å². The van der Waals surface area contributed by atoms with Crippen molar-refractivity contribution in [1.82, 2.24) is 4.98 Å². The lowest BCUT2D eigenvalue weighted by molar-refractivity contribution is 1.29. The highest BCUT2D eigenvalue weighted by Gasteiger charge is 2.04. The average molecular weight is 219 g/mol. The largest absolute Gasteiger partial charge is 0.397 e. The van der Waals surface area contributed by atoms with E-state index in [-0.39, 0.29) is 0 Å². The van der Waals surface area contributed by atoms with Crippen molar-refractivity contribution in [2.45, 2.75) is 6.92 Å². The van der Waals surface area contributed by atoms with Crippen LogP contribution >= 0.6 is 11.6 Å². The zero-order valence-corrected chi connectivity index (χ0v) is 9.12. The first-order valence-corrected chi connectivity index (χ1v) is 5.03. The van der Waals surface area contributed by atoms with Crippen LogP contribution in [0.1, 0.15) is 5.56 Å². The Morgan fingerprint density at radius 1 is 1.27 bits per heavy atom. The summed E-state index contributed by atoms with van der Waals surface area (Å²) < 4.78 is 0. The second-order valence-corrected chi connectivity index (χ2v) is 3.81. The average Bonchev–Trinajstić information content (AvgIpc) is 2.23. The van der Waals surface area contributed by atoms with Gasteiger partial charge >= 0.3 is 0 Å². The smallest absolute Gasteiger partial charge is 0.0721 e. The molecule has 0 spiro atoms. The molecule has 0 saturated carbocycles. The molecule has 76 valence electrons. The third-order valence-corrected chi connectivity index (χ3v) is 2.63. The maximum absolute atomic E-state index is 6.08. The highest BCUT2D eigenvalue weighted by molar-refractivity contribution is 6.33. The fourth-order valence-corrected chi connectivity index (χ4v) is 1.62. The minimum atomic E-state index is 0.700. The van der Waals surface area contributed by atoms with E-state index in [1.54, 1.807) is 6.20 Å². The lowest BCUT2D eigenvalue weighted by Crippen LogP contribution is -1.93. The van der Waals surface area contributed by atoms with Gasteiger partial charge in [0.15, 0.2) is 0 Å². The molecule has 0 radical (unpaired) electrons. The molecular weight excluding hydrogens is 208 g/mol. The van der Waals surface area contributed by atoms with Gasteiger partial charge in [-0.1, -0.05) is 29.8 Å². The summed E-state index contributed by atoms with van der Waals surface area (Å²) in [6.07, 6.45) is 1.66. The molecule has 2 rings (SSSR count). The first-order chi connectivity index (χ1) is 7.18. The molecule has 3 heteroatoms. The monoisotopic (exact) mass is 218 g/mol. The van der Waals surface area contributed by atoms with E-state index in [2.05, 4.69) is 4.98 Å². The van der Waals surface area contributed by atoms with Crippen LogP contribution in [0, 0.1) is 6.92 Å². The molecule has 1 heterocycles. The fourth-order valence-electron chi connectivity index (χ4n) is 1.38. The van der Waals surface area contributed by atoms with Crippen molar-refractivity contribution >= 4 is 17.3 Å². The van der Waals surface area contributed by atoms with Gasteiger partial charge in [0.05, 0.1) is 17.6 Å². The standard InChI is InChI=1S/C12H11ClN2/c1-8-6-12(15-7-11(8)14)9-4-2-3-5-10(9)13/h2-7H,14H2,1H3. The molecule has 2 N–H and O–H groups in total. The van der Waals surface area contributed by atoms with Crippen LogP contribution in [0.2, 0.25) is 5.02 Å². The molecule has 0 bridgehead atoms. The molecule has 0 amide bonds. The van der Waals surface area contributed by atoms with Crippen LogP contribution in [0.4, 0.5) is 5.69 Å². The molecule has 1 aromatic carbocycles. The van der Waals surface area contributed by atoms with Crippen molar-refractivity contribution in [3.8, 4) is 11.3 Å². The van der Waals surface area contributed by atoms with Crippen LogP contribution in [0.25, 0.3) is 11.3 Å². The zero-order chi connectivity index (χ0) is 10.8. The lowest BCUT2D eigenvalue weighted by atomic mass is 10.1. The Morgan fingerprint density at radius 2 is 2.00 bits per heavy atom. The molecule has 0 unspecified atom stereocenters. The van der Waals surface area contributed by atoms with Gasteiger partial charge in [-0.05, 0) is 24.6 Å². The van der Waals surface area contributed by atoms with Crippen LogP contribution in [0.3, 0.4) is 0 Å². The Bertz CT molecular complexity index is 495. The van der Waals surface area contributed by atoms with Crippen molar-refractivity contribution < 1.29 is 0 Å². The fraction of sp³-hybridized carbons (Fsp3) is 0.0833. The van der Waals surface area contributed by atoms with Crippen LogP contribution in [0.5, 0.6) is 0 Å². The summed E-state index contributed by atoms with van der Waals surface area (Å²) in [5, 5.41) is 0.703. The summed E-state index contributed by atoms with van der Waals surface area (Å²) in [6, 6.07) is 9.58. The van der Waals surface area contributed by atoms with Crippen LogP contribution in [-0.4, -0.2) is 4.98 Å². The Balaban J connectivity index is 2.55. The van der Waals surface area contributed by atoms with Crippen LogP contribution in [-0.2, 0) is 0 Å². The SMILES string of the molecule is Cc1cc(-c2ccccc2Cl)ncc1N. The Labute approximate surface area is 93.7 Å². The van der Waals surface area contributed by atoms with E-state index < -0.39 is 0 Å². The van der Waals surface area contributed by atoms with Gasteiger partial charge in [-0.15, -0.1) is 0 Å². The predicted octanol–water partition coefficient (Wildman–Crippen LogP) is 3.29. The third-order valence-electron chi connectivity index (χ3n) is 2.30. The minimum absolute atomic E-state index is 0.700. The Morgan fingerprint density at radius 3 is 2.67 bits per heavy atom. The maximum Gasteiger partial charge on any atom is 0.0721 e. The van der Waals surface area contributed by atoms with Gasteiger partial charge in [-0.3, -0.25) is 4.98 Å². The number of benzene rings is 1. The molecule has 0 aliphatic heterocycles. The first-order valence-electron chi connectivity index (χ1n) is 4.65. The third kappa shape index (κ3) is 1.95. The Hall–Kier alpha value is -1.54. The Kier molecular flexibility index (Phi) is 2.60. The van der Waals surface area contributed by atoms with Gasteiger partial charge in [-0.2, -0.15) is 0 Å². The molecule has 2 nitrogen and oxygen atoms in total. The summed E-state index contributed by atoms with van der Waals surface area (Å²) in [7, 11) is 0. The molecular formula is C12H11ClN2. The highest BCUT2D eigenvalue weighted by atomic mass is 35.5. The van der Waals surface area contributed by atoms with E-state index in [1.807, 2.05) is 37.3 Å².